The van der Waals surface area contributed by atoms with Crippen LogP contribution in [0.15, 0.2) is 24.3 Å². The molecule has 102 valence electrons. The van der Waals surface area contributed by atoms with E-state index < -0.39 is 0 Å². The van der Waals surface area contributed by atoms with Gasteiger partial charge in [0.15, 0.2) is 6.29 Å². The summed E-state index contributed by atoms with van der Waals surface area (Å²) in [7, 11) is 0. The van der Waals surface area contributed by atoms with Crippen LogP contribution in [-0.4, -0.2) is 20.9 Å². The quantitative estimate of drug-likeness (QED) is 0.689. The number of fused-ring (bicyclic) bond motifs is 1. The molecule has 0 amide bonds. The summed E-state index contributed by atoms with van der Waals surface area (Å²) < 4.78 is 1.65. The number of carbonyl (C=O) groups excluding carboxylic acids is 1. The molecule has 3 rings (SSSR count). The number of hydrogen-bond acceptors (Lipinski definition) is 4. The average molecular weight is 285 g/mol. The molecule has 2 aromatic heterocycles. The van der Waals surface area contributed by atoms with Gasteiger partial charge in [-0.3, -0.25) is 4.79 Å². The highest BCUT2D eigenvalue weighted by Crippen LogP contribution is 2.28. The number of rotatable bonds is 3. The van der Waals surface area contributed by atoms with Gasteiger partial charge in [-0.1, -0.05) is 55.0 Å². The Hall–Kier alpha value is -2.01. The molecular weight excluding hydrogens is 270 g/mol. The molecule has 0 fully saturated rings. The predicted octanol–water partition coefficient (Wildman–Crippen LogP) is 3.70. The third-order valence-corrected chi connectivity index (χ3v) is 4.39. The maximum Gasteiger partial charge on any atom is 0.213 e. The van der Waals surface area contributed by atoms with Crippen LogP contribution in [0.25, 0.3) is 16.2 Å². The molecule has 2 heterocycles. The van der Waals surface area contributed by atoms with Gasteiger partial charge in [-0.05, 0) is 6.92 Å². The first kappa shape index (κ1) is 13.0. The van der Waals surface area contributed by atoms with Gasteiger partial charge in [-0.2, -0.15) is 9.61 Å². The second-order valence-corrected chi connectivity index (χ2v) is 6.11. The molecule has 5 heteroatoms. The van der Waals surface area contributed by atoms with Crippen LogP contribution in [0.4, 0.5) is 0 Å². The van der Waals surface area contributed by atoms with Gasteiger partial charge in [0.05, 0.1) is 0 Å². The van der Waals surface area contributed by atoms with Crippen molar-refractivity contribution in [3.05, 3.63) is 40.5 Å². The van der Waals surface area contributed by atoms with Gasteiger partial charge in [-0.15, -0.1) is 0 Å². The number of imidazole rings is 1. The van der Waals surface area contributed by atoms with Crippen molar-refractivity contribution in [1.82, 2.24) is 14.6 Å². The standard InChI is InChI=1S/C15H15N3OS/c1-9(2)14-17-18-12(8-19)13(16-15(18)20-14)11-6-4-10(3)5-7-11/h4-9H,1-3H3. The summed E-state index contributed by atoms with van der Waals surface area (Å²) in [4.78, 5) is 16.8. The van der Waals surface area contributed by atoms with Gasteiger partial charge >= 0.3 is 0 Å². The highest BCUT2D eigenvalue weighted by Gasteiger charge is 2.18. The van der Waals surface area contributed by atoms with Gasteiger partial charge in [0.2, 0.25) is 4.96 Å². The van der Waals surface area contributed by atoms with E-state index in [1.54, 1.807) is 4.52 Å². The van der Waals surface area contributed by atoms with Crippen molar-refractivity contribution in [3.8, 4) is 11.3 Å². The van der Waals surface area contributed by atoms with E-state index in [1.165, 1.54) is 16.9 Å². The Morgan fingerprint density at radius 1 is 1.25 bits per heavy atom. The Labute approximate surface area is 121 Å². The minimum Gasteiger partial charge on any atom is -0.296 e. The highest BCUT2D eigenvalue weighted by molar-refractivity contribution is 7.16. The molecular formula is C15H15N3OS. The number of nitrogens with zero attached hydrogens (tertiary/aromatic N) is 3. The third kappa shape index (κ3) is 2.04. The van der Waals surface area contributed by atoms with Crippen LogP contribution < -0.4 is 0 Å². The lowest BCUT2D eigenvalue weighted by Crippen LogP contribution is -1.96. The van der Waals surface area contributed by atoms with E-state index in [-0.39, 0.29) is 0 Å². The molecule has 0 N–H and O–H groups in total. The molecule has 20 heavy (non-hydrogen) atoms. The van der Waals surface area contributed by atoms with Crippen molar-refractivity contribution in [2.75, 3.05) is 0 Å². The molecule has 0 unspecified atom stereocenters. The Morgan fingerprint density at radius 3 is 2.55 bits per heavy atom. The molecule has 0 aliphatic heterocycles. The zero-order chi connectivity index (χ0) is 14.3. The first-order valence-electron chi connectivity index (χ1n) is 6.52. The predicted molar refractivity (Wildman–Crippen MR) is 80.5 cm³/mol. The van der Waals surface area contributed by atoms with Gasteiger partial charge in [0, 0.05) is 11.5 Å². The van der Waals surface area contributed by atoms with Crippen LogP contribution >= 0.6 is 11.3 Å². The van der Waals surface area contributed by atoms with Crippen LogP contribution in [0, 0.1) is 6.92 Å². The van der Waals surface area contributed by atoms with Crippen LogP contribution in [0.3, 0.4) is 0 Å². The molecule has 0 saturated heterocycles. The summed E-state index contributed by atoms with van der Waals surface area (Å²) in [6.45, 7) is 6.20. The summed E-state index contributed by atoms with van der Waals surface area (Å²) in [5.41, 5.74) is 3.35. The van der Waals surface area contributed by atoms with Gasteiger partial charge < -0.3 is 0 Å². The van der Waals surface area contributed by atoms with Crippen molar-refractivity contribution in [2.24, 2.45) is 0 Å². The monoisotopic (exact) mass is 285 g/mol. The summed E-state index contributed by atoms with van der Waals surface area (Å²) in [6.07, 6.45) is 0.832. The lowest BCUT2D eigenvalue weighted by Gasteiger charge is -2.00. The molecule has 3 aromatic rings. The Kier molecular flexibility index (Phi) is 3.14. The smallest absolute Gasteiger partial charge is 0.213 e. The Bertz CT molecular complexity index is 768. The Balaban J connectivity index is 2.19. The molecule has 1 aromatic carbocycles. The zero-order valence-corrected chi connectivity index (χ0v) is 12.4. The van der Waals surface area contributed by atoms with Crippen molar-refractivity contribution < 1.29 is 4.79 Å². The van der Waals surface area contributed by atoms with Crippen LogP contribution in [0.2, 0.25) is 0 Å². The van der Waals surface area contributed by atoms with E-state index >= 15 is 0 Å². The molecule has 0 spiro atoms. The SMILES string of the molecule is Cc1ccc(-c2nc3sc(C(C)C)nn3c2C=O)cc1. The fourth-order valence-electron chi connectivity index (χ4n) is 2.04. The van der Waals surface area contributed by atoms with E-state index in [1.807, 2.05) is 31.2 Å². The maximum absolute atomic E-state index is 11.4. The van der Waals surface area contributed by atoms with E-state index in [4.69, 9.17) is 0 Å². The van der Waals surface area contributed by atoms with E-state index in [0.717, 1.165) is 21.8 Å². The van der Waals surface area contributed by atoms with E-state index in [9.17, 15) is 4.79 Å². The molecule has 0 radical (unpaired) electrons. The lowest BCUT2D eigenvalue weighted by molar-refractivity contribution is 0.111. The number of hydrogen-bond donors (Lipinski definition) is 0. The number of aldehydes is 1. The largest absolute Gasteiger partial charge is 0.296 e. The average Bonchev–Trinajstić information content (AvgIpc) is 2.96. The number of aromatic nitrogens is 3. The summed E-state index contributed by atoms with van der Waals surface area (Å²) in [5, 5.41) is 5.48. The highest BCUT2D eigenvalue weighted by atomic mass is 32.1. The summed E-state index contributed by atoms with van der Waals surface area (Å²) in [6, 6.07) is 8.00. The fraction of sp³-hybridized carbons (Fsp3) is 0.267. The maximum atomic E-state index is 11.4. The van der Waals surface area contributed by atoms with Gasteiger partial charge in [0.25, 0.3) is 0 Å². The molecule has 0 saturated carbocycles. The van der Waals surface area contributed by atoms with Crippen LogP contribution in [0.1, 0.15) is 40.8 Å². The second kappa shape index (κ2) is 4.83. The third-order valence-electron chi connectivity index (χ3n) is 3.18. The lowest BCUT2D eigenvalue weighted by atomic mass is 10.1. The summed E-state index contributed by atoms with van der Waals surface area (Å²) in [5.74, 6) is 0.337. The minimum absolute atomic E-state index is 0.337. The molecule has 0 aliphatic rings. The second-order valence-electron chi connectivity index (χ2n) is 5.12. The first-order chi connectivity index (χ1) is 9.60. The molecule has 0 atom stereocenters. The first-order valence-corrected chi connectivity index (χ1v) is 7.33. The molecule has 0 aliphatic carbocycles. The van der Waals surface area contributed by atoms with Crippen molar-refractivity contribution in [3.63, 3.8) is 0 Å². The Morgan fingerprint density at radius 2 is 1.95 bits per heavy atom. The normalized spacial score (nSPS) is 11.4. The molecule has 4 nitrogen and oxygen atoms in total. The number of carbonyl (C=O) groups is 1. The van der Waals surface area contributed by atoms with Gasteiger partial charge in [-0.25, -0.2) is 4.98 Å². The number of aryl methyl sites for hydroxylation is 1. The topological polar surface area (TPSA) is 47.3 Å². The van der Waals surface area contributed by atoms with Crippen molar-refractivity contribution in [1.29, 1.82) is 0 Å². The number of benzene rings is 1. The molecule has 0 bridgehead atoms. The van der Waals surface area contributed by atoms with E-state index in [2.05, 4.69) is 23.9 Å². The van der Waals surface area contributed by atoms with Crippen LogP contribution in [-0.2, 0) is 0 Å². The van der Waals surface area contributed by atoms with Gasteiger partial charge in [0.1, 0.15) is 16.4 Å². The fourth-order valence-corrected chi connectivity index (χ4v) is 2.95. The zero-order valence-electron chi connectivity index (χ0n) is 11.6. The van der Waals surface area contributed by atoms with Crippen molar-refractivity contribution in [2.45, 2.75) is 26.7 Å². The van der Waals surface area contributed by atoms with Crippen molar-refractivity contribution >= 4 is 22.6 Å². The summed E-state index contributed by atoms with van der Waals surface area (Å²) >= 11 is 1.54. The minimum atomic E-state index is 0.337. The van der Waals surface area contributed by atoms with Crippen LogP contribution in [0.5, 0.6) is 0 Å². The van der Waals surface area contributed by atoms with E-state index in [0.29, 0.717) is 17.3 Å².